The summed E-state index contributed by atoms with van der Waals surface area (Å²) in [5.41, 5.74) is 0. The fraction of sp³-hybridized carbons (Fsp3) is 0.636. The molecule has 0 spiro atoms. The molecule has 0 radical (unpaired) electrons. The second kappa shape index (κ2) is 5.43. The monoisotopic (exact) mass is 288 g/mol. The maximum Gasteiger partial charge on any atom is 0.0701 e. The van der Waals surface area contributed by atoms with Gasteiger partial charge in [0.1, 0.15) is 0 Å². The van der Waals surface area contributed by atoms with Crippen LogP contribution in [0.25, 0.3) is 0 Å². The molecule has 2 rings (SSSR count). The standard InChI is InChI=1S/C11H17BrN2S/c1-14(7-9-3-2-6-13-9)8-10-4-5-11(12)15-10/h4-5,9,13H,2-3,6-8H2,1H3. The third-order valence-electron chi connectivity index (χ3n) is 2.75. The first-order valence-corrected chi connectivity index (χ1v) is 7.01. The zero-order chi connectivity index (χ0) is 10.7. The lowest BCUT2D eigenvalue weighted by atomic mass is 10.2. The van der Waals surface area contributed by atoms with E-state index in [0.717, 1.165) is 13.1 Å². The van der Waals surface area contributed by atoms with Crippen molar-refractivity contribution in [3.63, 3.8) is 0 Å². The van der Waals surface area contributed by atoms with Crippen LogP contribution in [0.4, 0.5) is 0 Å². The Hall–Kier alpha value is 0.1000. The van der Waals surface area contributed by atoms with E-state index in [4.69, 9.17) is 0 Å². The minimum Gasteiger partial charge on any atom is -0.313 e. The Balaban J connectivity index is 1.78. The van der Waals surface area contributed by atoms with Gasteiger partial charge in [-0.15, -0.1) is 11.3 Å². The van der Waals surface area contributed by atoms with E-state index in [1.807, 2.05) is 11.3 Å². The Bertz CT molecular complexity index is 307. The van der Waals surface area contributed by atoms with Gasteiger partial charge in [-0.1, -0.05) is 0 Å². The van der Waals surface area contributed by atoms with Gasteiger partial charge < -0.3 is 5.32 Å². The molecule has 0 amide bonds. The van der Waals surface area contributed by atoms with Gasteiger partial charge in [-0.25, -0.2) is 0 Å². The SMILES string of the molecule is CN(Cc1ccc(Br)s1)CC1CCCN1. The van der Waals surface area contributed by atoms with Crippen LogP contribution in [-0.4, -0.2) is 31.1 Å². The van der Waals surface area contributed by atoms with Gasteiger partial charge in [0.25, 0.3) is 0 Å². The topological polar surface area (TPSA) is 15.3 Å². The number of rotatable bonds is 4. The van der Waals surface area contributed by atoms with Crippen LogP contribution in [0.2, 0.25) is 0 Å². The molecule has 4 heteroatoms. The number of hydrogen-bond acceptors (Lipinski definition) is 3. The first-order valence-electron chi connectivity index (χ1n) is 5.40. The van der Waals surface area contributed by atoms with Crippen molar-refractivity contribution in [2.45, 2.75) is 25.4 Å². The molecule has 1 aliphatic heterocycles. The highest BCUT2D eigenvalue weighted by atomic mass is 79.9. The lowest BCUT2D eigenvalue weighted by Crippen LogP contribution is -2.34. The smallest absolute Gasteiger partial charge is 0.0701 e. The van der Waals surface area contributed by atoms with Crippen molar-refractivity contribution in [2.75, 3.05) is 20.1 Å². The summed E-state index contributed by atoms with van der Waals surface area (Å²) in [7, 11) is 2.20. The average Bonchev–Trinajstić information content (AvgIpc) is 2.77. The van der Waals surface area contributed by atoms with Crippen molar-refractivity contribution in [3.05, 3.63) is 20.8 Å². The molecule has 0 aromatic carbocycles. The van der Waals surface area contributed by atoms with Gasteiger partial charge in [0.15, 0.2) is 0 Å². The minimum absolute atomic E-state index is 0.707. The Labute approximate surface area is 104 Å². The summed E-state index contributed by atoms with van der Waals surface area (Å²) in [4.78, 5) is 3.84. The molecular formula is C11H17BrN2S. The van der Waals surface area contributed by atoms with E-state index in [1.54, 1.807) is 0 Å². The molecule has 1 aromatic heterocycles. The Morgan fingerprint density at radius 2 is 2.47 bits per heavy atom. The molecule has 2 heterocycles. The minimum atomic E-state index is 0.707. The summed E-state index contributed by atoms with van der Waals surface area (Å²) >= 11 is 5.33. The lowest BCUT2D eigenvalue weighted by Gasteiger charge is -2.20. The highest BCUT2D eigenvalue weighted by molar-refractivity contribution is 9.11. The molecule has 1 atom stereocenters. The largest absolute Gasteiger partial charge is 0.313 e. The predicted octanol–water partition coefficient (Wildman–Crippen LogP) is 2.69. The third-order valence-corrected chi connectivity index (χ3v) is 4.36. The molecule has 1 saturated heterocycles. The fourth-order valence-corrected chi connectivity index (χ4v) is 3.62. The lowest BCUT2D eigenvalue weighted by molar-refractivity contribution is 0.295. The van der Waals surface area contributed by atoms with Crippen molar-refractivity contribution in [1.29, 1.82) is 0 Å². The van der Waals surface area contributed by atoms with E-state index < -0.39 is 0 Å². The van der Waals surface area contributed by atoms with Crippen LogP contribution in [0.3, 0.4) is 0 Å². The zero-order valence-corrected chi connectivity index (χ0v) is 11.4. The number of thiophene rings is 1. The Morgan fingerprint density at radius 3 is 3.07 bits per heavy atom. The van der Waals surface area contributed by atoms with Gasteiger partial charge >= 0.3 is 0 Å². The van der Waals surface area contributed by atoms with Crippen LogP contribution in [0.1, 0.15) is 17.7 Å². The van der Waals surface area contributed by atoms with Gasteiger partial charge in [0, 0.05) is 24.0 Å². The highest BCUT2D eigenvalue weighted by Gasteiger charge is 2.15. The van der Waals surface area contributed by atoms with E-state index in [2.05, 4.69) is 45.3 Å². The van der Waals surface area contributed by atoms with Gasteiger partial charge in [0.2, 0.25) is 0 Å². The van der Waals surface area contributed by atoms with Crippen molar-refractivity contribution < 1.29 is 0 Å². The Morgan fingerprint density at radius 1 is 1.60 bits per heavy atom. The number of nitrogens with zero attached hydrogens (tertiary/aromatic N) is 1. The van der Waals surface area contributed by atoms with Gasteiger partial charge in [0.05, 0.1) is 3.79 Å². The maximum atomic E-state index is 3.53. The van der Waals surface area contributed by atoms with Gasteiger partial charge in [-0.2, -0.15) is 0 Å². The summed E-state index contributed by atoms with van der Waals surface area (Å²) in [5, 5.41) is 3.53. The number of likely N-dealkylation sites (N-methyl/N-ethyl adjacent to an activating group) is 1. The highest BCUT2D eigenvalue weighted by Crippen LogP contribution is 2.23. The van der Waals surface area contributed by atoms with Crippen LogP contribution in [0.5, 0.6) is 0 Å². The molecule has 1 aromatic rings. The molecule has 0 aliphatic carbocycles. The van der Waals surface area contributed by atoms with E-state index >= 15 is 0 Å². The normalized spacial score (nSPS) is 21.4. The molecule has 1 fully saturated rings. The first-order chi connectivity index (χ1) is 7.24. The van der Waals surface area contributed by atoms with Crippen LogP contribution < -0.4 is 5.32 Å². The van der Waals surface area contributed by atoms with E-state index in [9.17, 15) is 0 Å². The quantitative estimate of drug-likeness (QED) is 0.917. The summed E-state index contributed by atoms with van der Waals surface area (Å²) in [6.45, 7) is 3.42. The molecule has 2 nitrogen and oxygen atoms in total. The van der Waals surface area contributed by atoms with Crippen molar-refractivity contribution in [3.8, 4) is 0 Å². The molecule has 84 valence electrons. The van der Waals surface area contributed by atoms with Crippen LogP contribution in [-0.2, 0) is 6.54 Å². The van der Waals surface area contributed by atoms with Gasteiger partial charge in [-0.05, 0) is 54.5 Å². The van der Waals surface area contributed by atoms with E-state index in [1.165, 1.54) is 28.0 Å². The second-order valence-corrected chi connectivity index (χ2v) is 6.74. The fourth-order valence-electron chi connectivity index (χ4n) is 2.06. The zero-order valence-electron chi connectivity index (χ0n) is 9.00. The summed E-state index contributed by atoms with van der Waals surface area (Å²) in [6.07, 6.45) is 2.67. The average molecular weight is 289 g/mol. The molecule has 0 bridgehead atoms. The van der Waals surface area contributed by atoms with Crippen LogP contribution in [0, 0.1) is 0 Å². The summed E-state index contributed by atoms with van der Waals surface area (Å²) in [5.74, 6) is 0. The molecular weight excluding hydrogens is 272 g/mol. The molecule has 0 saturated carbocycles. The maximum absolute atomic E-state index is 3.53. The number of nitrogens with one attached hydrogen (secondary N) is 1. The second-order valence-electron chi connectivity index (χ2n) is 4.20. The van der Waals surface area contributed by atoms with Crippen LogP contribution >= 0.6 is 27.3 Å². The summed E-state index contributed by atoms with van der Waals surface area (Å²) in [6, 6.07) is 5.04. The number of hydrogen-bond donors (Lipinski definition) is 1. The van der Waals surface area contributed by atoms with E-state index in [0.29, 0.717) is 6.04 Å². The molecule has 1 aliphatic rings. The first kappa shape index (κ1) is 11.6. The van der Waals surface area contributed by atoms with E-state index in [-0.39, 0.29) is 0 Å². The predicted molar refractivity (Wildman–Crippen MR) is 69.4 cm³/mol. The molecule has 15 heavy (non-hydrogen) atoms. The number of halogens is 1. The Kier molecular flexibility index (Phi) is 4.20. The van der Waals surface area contributed by atoms with Crippen LogP contribution in [0.15, 0.2) is 15.9 Å². The van der Waals surface area contributed by atoms with Crippen molar-refractivity contribution >= 4 is 27.3 Å². The van der Waals surface area contributed by atoms with Gasteiger partial charge in [-0.3, -0.25) is 4.90 Å². The van der Waals surface area contributed by atoms with Crippen molar-refractivity contribution in [1.82, 2.24) is 10.2 Å². The molecule has 1 N–H and O–H groups in total. The molecule has 1 unspecified atom stereocenters. The summed E-state index contributed by atoms with van der Waals surface area (Å²) < 4.78 is 1.23. The third kappa shape index (κ3) is 3.55. The van der Waals surface area contributed by atoms with Crippen molar-refractivity contribution in [2.24, 2.45) is 0 Å².